The van der Waals surface area contributed by atoms with E-state index in [-0.39, 0.29) is 0 Å². The Labute approximate surface area is 259 Å². The highest BCUT2D eigenvalue weighted by Crippen LogP contribution is 2.42. The van der Waals surface area contributed by atoms with Crippen LogP contribution in [-0.2, 0) is 0 Å². The highest BCUT2D eigenvalue weighted by molar-refractivity contribution is 7.26. The fourth-order valence-corrected chi connectivity index (χ4v) is 8.05. The van der Waals surface area contributed by atoms with E-state index >= 15 is 0 Å². The molecule has 1 nitrogen and oxygen atoms in total. The third-order valence-electron chi connectivity index (χ3n) is 8.81. The molecule has 0 amide bonds. The molecule has 0 bridgehead atoms. The molecule has 9 aromatic rings. The van der Waals surface area contributed by atoms with Crippen molar-refractivity contribution in [2.24, 2.45) is 0 Å². The van der Waals surface area contributed by atoms with Crippen LogP contribution >= 0.6 is 11.3 Å². The van der Waals surface area contributed by atoms with Crippen molar-refractivity contribution in [2.75, 3.05) is 0 Å². The fraction of sp³-hybridized carbons (Fsp3) is 0. The Morgan fingerprint density at radius 2 is 0.955 bits per heavy atom. The van der Waals surface area contributed by atoms with Gasteiger partial charge in [0.15, 0.2) is 0 Å². The standard InChI is InChI=1S/C42H27NS/c1-2-14-31(15-3-1)43-39-22-8-6-18-35(39)38-27-30(24-25-40(38)43)33-17-5-4-16-32(33)28-12-10-13-29(26-28)34-20-11-21-37-36-19-7-9-23-41(36)44-42(34)37/h1-27H. The predicted molar refractivity (Wildman–Crippen MR) is 190 cm³/mol. The van der Waals surface area contributed by atoms with E-state index in [1.165, 1.54) is 81.0 Å². The van der Waals surface area contributed by atoms with Crippen LogP contribution in [0.5, 0.6) is 0 Å². The van der Waals surface area contributed by atoms with Gasteiger partial charge in [-0.3, -0.25) is 0 Å². The number of hydrogen-bond acceptors (Lipinski definition) is 1. The van der Waals surface area contributed by atoms with Gasteiger partial charge in [-0.2, -0.15) is 0 Å². The zero-order chi connectivity index (χ0) is 29.0. The Morgan fingerprint density at radius 3 is 1.80 bits per heavy atom. The zero-order valence-electron chi connectivity index (χ0n) is 23.9. The molecule has 206 valence electrons. The number of aromatic nitrogens is 1. The van der Waals surface area contributed by atoms with Crippen LogP contribution in [0, 0.1) is 0 Å². The van der Waals surface area contributed by atoms with Gasteiger partial charge >= 0.3 is 0 Å². The molecule has 0 aliphatic rings. The summed E-state index contributed by atoms with van der Waals surface area (Å²) in [5, 5.41) is 5.20. The molecule has 2 heteroatoms. The molecular formula is C42H27NS. The molecule has 2 aromatic heterocycles. The summed E-state index contributed by atoms with van der Waals surface area (Å²) in [6, 6.07) is 59.6. The molecule has 0 aliphatic carbocycles. The van der Waals surface area contributed by atoms with Gasteiger partial charge in [-0.1, -0.05) is 121 Å². The summed E-state index contributed by atoms with van der Waals surface area (Å²) in [6.45, 7) is 0. The molecule has 0 fully saturated rings. The van der Waals surface area contributed by atoms with E-state index in [9.17, 15) is 0 Å². The van der Waals surface area contributed by atoms with Crippen LogP contribution in [-0.4, -0.2) is 4.57 Å². The van der Waals surface area contributed by atoms with E-state index in [4.69, 9.17) is 0 Å². The highest BCUT2D eigenvalue weighted by atomic mass is 32.1. The number of rotatable bonds is 4. The molecule has 0 atom stereocenters. The first kappa shape index (κ1) is 25.1. The Hall–Kier alpha value is -5.44. The summed E-state index contributed by atoms with van der Waals surface area (Å²) in [5.41, 5.74) is 11.1. The Kier molecular flexibility index (Phi) is 5.75. The molecule has 0 saturated heterocycles. The molecule has 0 spiro atoms. The molecule has 0 radical (unpaired) electrons. The van der Waals surface area contributed by atoms with Crippen molar-refractivity contribution in [3.63, 3.8) is 0 Å². The lowest BCUT2D eigenvalue weighted by Gasteiger charge is -2.13. The SMILES string of the molecule is c1ccc(-n2c3ccccc3c3cc(-c4ccccc4-c4cccc(-c5cccc6c5sc5ccccc56)c4)ccc32)cc1. The number of nitrogens with zero attached hydrogens (tertiary/aromatic N) is 1. The summed E-state index contributed by atoms with van der Waals surface area (Å²) in [7, 11) is 0. The largest absolute Gasteiger partial charge is 0.309 e. The third kappa shape index (κ3) is 3.92. The maximum Gasteiger partial charge on any atom is 0.0541 e. The van der Waals surface area contributed by atoms with Gasteiger partial charge in [0, 0.05) is 36.6 Å². The van der Waals surface area contributed by atoms with Crippen LogP contribution < -0.4 is 0 Å². The van der Waals surface area contributed by atoms with Crippen molar-refractivity contribution in [1.29, 1.82) is 0 Å². The van der Waals surface area contributed by atoms with Crippen LogP contribution in [0.2, 0.25) is 0 Å². The minimum atomic E-state index is 1.18. The van der Waals surface area contributed by atoms with E-state index in [2.05, 4.69) is 168 Å². The fourth-order valence-electron chi connectivity index (χ4n) is 6.81. The first-order valence-electron chi connectivity index (χ1n) is 15.0. The number of para-hydroxylation sites is 2. The molecule has 0 N–H and O–H groups in total. The van der Waals surface area contributed by atoms with Crippen molar-refractivity contribution in [3.8, 4) is 39.1 Å². The van der Waals surface area contributed by atoms with E-state index in [1.807, 2.05) is 11.3 Å². The smallest absolute Gasteiger partial charge is 0.0541 e. The summed E-state index contributed by atoms with van der Waals surface area (Å²) in [6.07, 6.45) is 0. The number of benzene rings is 7. The monoisotopic (exact) mass is 577 g/mol. The van der Waals surface area contributed by atoms with Gasteiger partial charge in [-0.15, -0.1) is 11.3 Å². The second kappa shape index (κ2) is 10.1. The minimum absolute atomic E-state index is 1.18. The van der Waals surface area contributed by atoms with Crippen LogP contribution in [0.25, 0.3) is 81.0 Å². The van der Waals surface area contributed by atoms with E-state index in [0.717, 1.165) is 0 Å². The van der Waals surface area contributed by atoms with E-state index in [1.54, 1.807) is 0 Å². The Morgan fingerprint density at radius 1 is 0.364 bits per heavy atom. The van der Waals surface area contributed by atoms with Crippen LogP contribution in [0.15, 0.2) is 164 Å². The van der Waals surface area contributed by atoms with Crippen molar-refractivity contribution >= 4 is 53.3 Å². The van der Waals surface area contributed by atoms with Gasteiger partial charge in [0.2, 0.25) is 0 Å². The topological polar surface area (TPSA) is 4.93 Å². The van der Waals surface area contributed by atoms with Crippen molar-refractivity contribution in [1.82, 2.24) is 4.57 Å². The number of fused-ring (bicyclic) bond motifs is 6. The van der Waals surface area contributed by atoms with Gasteiger partial charge in [-0.25, -0.2) is 0 Å². The van der Waals surface area contributed by atoms with Crippen LogP contribution in [0.4, 0.5) is 0 Å². The van der Waals surface area contributed by atoms with Gasteiger partial charge in [0.25, 0.3) is 0 Å². The molecule has 0 aliphatic heterocycles. The summed E-state index contributed by atoms with van der Waals surface area (Å²) >= 11 is 1.89. The second-order valence-electron chi connectivity index (χ2n) is 11.3. The molecule has 44 heavy (non-hydrogen) atoms. The van der Waals surface area contributed by atoms with Crippen LogP contribution in [0.3, 0.4) is 0 Å². The van der Waals surface area contributed by atoms with E-state index in [0.29, 0.717) is 0 Å². The molecule has 9 rings (SSSR count). The lowest BCUT2D eigenvalue weighted by atomic mass is 9.92. The highest BCUT2D eigenvalue weighted by Gasteiger charge is 2.16. The predicted octanol–water partition coefficient (Wildman–Crippen LogP) is 12.2. The summed E-state index contributed by atoms with van der Waals surface area (Å²) in [5.74, 6) is 0. The summed E-state index contributed by atoms with van der Waals surface area (Å²) < 4.78 is 5.05. The quantitative estimate of drug-likeness (QED) is 0.196. The Bertz CT molecular complexity index is 2500. The first-order chi connectivity index (χ1) is 21.8. The molecule has 0 unspecified atom stereocenters. The van der Waals surface area contributed by atoms with Gasteiger partial charge in [-0.05, 0) is 75.8 Å². The molecular weight excluding hydrogens is 551 g/mol. The minimum Gasteiger partial charge on any atom is -0.309 e. The van der Waals surface area contributed by atoms with Crippen LogP contribution in [0.1, 0.15) is 0 Å². The second-order valence-corrected chi connectivity index (χ2v) is 12.4. The average Bonchev–Trinajstić information content (AvgIpc) is 3.64. The lowest BCUT2D eigenvalue weighted by molar-refractivity contribution is 1.18. The Balaban J connectivity index is 1.20. The average molecular weight is 578 g/mol. The van der Waals surface area contributed by atoms with Gasteiger partial charge in [0.1, 0.15) is 0 Å². The zero-order valence-corrected chi connectivity index (χ0v) is 24.8. The van der Waals surface area contributed by atoms with Crippen molar-refractivity contribution in [2.45, 2.75) is 0 Å². The first-order valence-corrected chi connectivity index (χ1v) is 15.8. The van der Waals surface area contributed by atoms with Gasteiger partial charge in [0.05, 0.1) is 11.0 Å². The molecule has 7 aromatic carbocycles. The summed E-state index contributed by atoms with van der Waals surface area (Å²) in [4.78, 5) is 0. The normalized spacial score (nSPS) is 11.6. The van der Waals surface area contributed by atoms with Crippen molar-refractivity contribution < 1.29 is 0 Å². The third-order valence-corrected chi connectivity index (χ3v) is 10.0. The van der Waals surface area contributed by atoms with Gasteiger partial charge < -0.3 is 4.57 Å². The maximum absolute atomic E-state index is 2.37. The molecule has 2 heterocycles. The van der Waals surface area contributed by atoms with Crippen molar-refractivity contribution in [3.05, 3.63) is 164 Å². The lowest BCUT2D eigenvalue weighted by Crippen LogP contribution is -1.93. The number of thiophene rings is 1. The molecule has 0 saturated carbocycles. The maximum atomic E-state index is 2.37. The number of hydrogen-bond donors (Lipinski definition) is 0. The van der Waals surface area contributed by atoms with E-state index < -0.39 is 0 Å².